The second kappa shape index (κ2) is 5.78. The number of hydrogen-bond acceptors (Lipinski definition) is 4. The summed E-state index contributed by atoms with van der Waals surface area (Å²) >= 11 is 0. The van der Waals surface area contributed by atoms with Gasteiger partial charge in [0, 0.05) is 24.8 Å². The van der Waals surface area contributed by atoms with Crippen LogP contribution in [-0.2, 0) is 6.54 Å². The predicted octanol–water partition coefficient (Wildman–Crippen LogP) is 3.25. The third-order valence-corrected chi connectivity index (χ3v) is 4.80. The first-order chi connectivity index (χ1) is 12.7. The van der Waals surface area contributed by atoms with Gasteiger partial charge in [-0.05, 0) is 44.4 Å². The first-order valence-corrected chi connectivity index (χ1v) is 8.72. The highest BCUT2D eigenvalue weighted by atomic mass is 16.7. The standard InChI is InChI=1S/C20H20N4O2/c1-22(2)9-10-23-16-5-3-4-6-17(16)24-12-15(21-20(23)24)14-7-8-18-19(11-14)26-13-25-18/h3-8,11-12H,9-10,13H2,1-2H3. The van der Waals surface area contributed by atoms with E-state index in [0.29, 0.717) is 0 Å². The van der Waals surface area contributed by atoms with E-state index in [2.05, 4.69) is 58.4 Å². The molecule has 0 spiro atoms. The van der Waals surface area contributed by atoms with Crippen LogP contribution in [0.4, 0.5) is 0 Å². The van der Waals surface area contributed by atoms with Gasteiger partial charge in [0.15, 0.2) is 11.5 Å². The molecule has 0 bridgehead atoms. The highest BCUT2D eigenvalue weighted by Gasteiger charge is 2.18. The maximum atomic E-state index is 5.51. The van der Waals surface area contributed by atoms with E-state index in [0.717, 1.165) is 41.6 Å². The van der Waals surface area contributed by atoms with Gasteiger partial charge in [-0.25, -0.2) is 4.98 Å². The number of para-hydroxylation sites is 2. The van der Waals surface area contributed by atoms with Crippen molar-refractivity contribution in [1.82, 2.24) is 18.9 Å². The van der Waals surface area contributed by atoms with E-state index >= 15 is 0 Å². The summed E-state index contributed by atoms with van der Waals surface area (Å²) in [4.78, 5) is 7.12. The molecule has 0 aliphatic carbocycles. The van der Waals surface area contributed by atoms with E-state index in [9.17, 15) is 0 Å². The molecule has 4 aromatic rings. The maximum absolute atomic E-state index is 5.51. The molecule has 0 radical (unpaired) electrons. The zero-order valence-corrected chi connectivity index (χ0v) is 14.8. The number of fused-ring (bicyclic) bond motifs is 4. The summed E-state index contributed by atoms with van der Waals surface area (Å²) in [5, 5.41) is 0. The van der Waals surface area contributed by atoms with Gasteiger partial charge in [-0.15, -0.1) is 0 Å². The van der Waals surface area contributed by atoms with Crippen molar-refractivity contribution in [2.45, 2.75) is 6.54 Å². The molecule has 0 atom stereocenters. The summed E-state index contributed by atoms with van der Waals surface area (Å²) in [5.74, 6) is 2.53. The lowest BCUT2D eigenvalue weighted by atomic mass is 10.1. The fourth-order valence-electron chi connectivity index (χ4n) is 3.46. The van der Waals surface area contributed by atoms with Gasteiger partial charge in [-0.2, -0.15) is 0 Å². The summed E-state index contributed by atoms with van der Waals surface area (Å²) in [7, 11) is 4.18. The molecule has 132 valence electrons. The number of benzene rings is 2. The summed E-state index contributed by atoms with van der Waals surface area (Å²) in [5.41, 5.74) is 4.33. The molecule has 2 aromatic carbocycles. The van der Waals surface area contributed by atoms with Crippen molar-refractivity contribution in [3.05, 3.63) is 48.7 Å². The smallest absolute Gasteiger partial charge is 0.231 e. The first-order valence-electron chi connectivity index (χ1n) is 8.72. The first kappa shape index (κ1) is 15.3. The van der Waals surface area contributed by atoms with Crippen LogP contribution in [0.15, 0.2) is 48.7 Å². The van der Waals surface area contributed by atoms with E-state index in [1.165, 1.54) is 11.0 Å². The van der Waals surface area contributed by atoms with E-state index in [1.807, 2.05) is 18.2 Å². The highest BCUT2D eigenvalue weighted by molar-refractivity contribution is 5.82. The minimum atomic E-state index is 0.282. The molecule has 2 aromatic heterocycles. The van der Waals surface area contributed by atoms with Gasteiger partial charge in [-0.1, -0.05) is 12.1 Å². The lowest BCUT2D eigenvalue weighted by molar-refractivity contribution is 0.174. The number of hydrogen-bond donors (Lipinski definition) is 0. The Morgan fingerprint density at radius 3 is 2.69 bits per heavy atom. The molecule has 1 aliphatic heterocycles. The van der Waals surface area contributed by atoms with Gasteiger partial charge in [0.05, 0.1) is 16.7 Å². The molecule has 0 saturated heterocycles. The van der Waals surface area contributed by atoms with E-state index in [4.69, 9.17) is 14.5 Å². The van der Waals surface area contributed by atoms with Crippen LogP contribution >= 0.6 is 0 Å². The van der Waals surface area contributed by atoms with Crippen LogP contribution in [0.2, 0.25) is 0 Å². The lowest BCUT2D eigenvalue weighted by Crippen LogP contribution is -2.18. The Kier molecular flexibility index (Phi) is 3.39. The monoisotopic (exact) mass is 348 g/mol. The fraction of sp³-hybridized carbons (Fsp3) is 0.250. The largest absolute Gasteiger partial charge is 0.454 e. The molecule has 1 aliphatic rings. The highest BCUT2D eigenvalue weighted by Crippen LogP contribution is 2.36. The van der Waals surface area contributed by atoms with Gasteiger partial charge in [0.25, 0.3) is 0 Å². The Bertz CT molecular complexity index is 1110. The minimum absolute atomic E-state index is 0.282. The molecule has 0 N–H and O–H groups in total. The molecule has 6 nitrogen and oxygen atoms in total. The number of nitrogens with zero attached hydrogens (tertiary/aromatic N) is 4. The van der Waals surface area contributed by atoms with E-state index < -0.39 is 0 Å². The SMILES string of the molecule is CN(C)CCn1c2ccccc2n2cc(-c3ccc4c(c3)OCO4)nc12. The van der Waals surface area contributed by atoms with Crippen molar-refractivity contribution in [2.75, 3.05) is 27.4 Å². The van der Waals surface area contributed by atoms with Crippen LogP contribution in [-0.4, -0.2) is 46.3 Å². The quantitative estimate of drug-likeness (QED) is 0.568. The topological polar surface area (TPSA) is 43.9 Å². The number of ether oxygens (including phenoxy) is 2. The van der Waals surface area contributed by atoms with Crippen LogP contribution in [0.3, 0.4) is 0 Å². The van der Waals surface area contributed by atoms with Crippen LogP contribution < -0.4 is 9.47 Å². The average Bonchev–Trinajstić information content (AvgIpc) is 3.33. The molecular weight excluding hydrogens is 328 g/mol. The zero-order valence-electron chi connectivity index (χ0n) is 14.8. The third-order valence-electron chi connectivity index (χ3n) is 4.80. The summed E-state index contributed by atoms with van der Waals surface area (Å²) in [6, 6.07) is 14.4. The van der Waals surface area contributed by atoms with E-state index in [-0.39, 0.29) is 6.79 Å². The van der Waals surface area contributed by atoms with Gasteiger partial charge in [0.2, 0.25) is 12.6 Å². The molecule has 0 saturated carbocycles. The second-order valence-corrected chi connectivity index (χ2v) is 6.81. The Balaban J connectivity index is 1.66. The van der Waals surface area contributed by atoms with Crippen molar-refractivity contribution >= 4 is 16.8 Å². The molecule has 0 fully saturated rings. The van der Waals surface area contributed by atoms with Crippen molar-refractivity contribution in [1.29, 1.82) is 0 Å². The Morgan fingerprint density at radius 1 is 1.04 bits per heavy atom. The number of imidazole rings is 2. The molecule has 0 unspecified atom stereocenters. The summed E-state index contributed by atoms with van der Waals surface area (Å²) in [6.45, 7) is 2.13. The molecule has 3 heterocycles. The molecule has 5 rings (SSSR count). The molecule has 26 heavy (non-hydrogen) atoms. The summed E-state index contributed by atoms with van der Waals surface area (Å²) < 4.78 is 15.4. The van der Waals surface area contributed by atoms with Gasteiger partial charge >= 0.3 is 0 Å². The maximum Gasteiger partial charge on any atom is 0.231 e. The molecule has 0 amide bonds. The lowest BCUT2D eigenvalue weighted by Gasteiger charge is -2.10. The van der Waals surface area contributed by atoms with Crippen LogP contribution in [0, 0.1) is 0 Å². The number of aromatic nitrogens is 3. The van der Waals surface area contributed by atoms with Crippen LogP contribution in [0.25, 0.3) is 28.1 Å². The van der Waals surface area contributed by atoms with Gasteiger partial charge in [0.1, 0.15) is 0 Å². The predicted molar refractivity (Wildman–Crippen MR) is 101 cm³/mol. The third kappa shape index (κ3) is 2.34. The van der Waals surface area contributed by atoms with Crippen molar-refractivity contribution < 1.29 is 9.47 Å². The van der Waals surface area contributed by atoms with Crippen LogP contribution in [0.5, 0.6) is 11.5 Å². The zero-order chi connectivity index (χ0) is 17.7. The Morgan fingerprint density at radius 2 is 1.85 bits per heavy atom. The van der Waals surface area contributed by atoms with Crippen LogP contribution in [0.1, 0.15) is 0 Å². The number of likely N-dealkylation sites (N-methyl/N-ethyl adjacent to an activating group) is 1. The molecule has 6 heteroatoms. The van der Waals surface area contributed by atoms with Gasteiger partial charge < -0.3 is 18.9 Å². The molecular formula is C20H20N4O2. The van der Waals surface area contributed by atoms with Crippen molar-refractivity contribution in [3.63, 3.8) is 0 Å². The second-order valence-electron chi connectivity index (χ2n) is 6.81. The van der Waals surface area contributed by atoms with Gasteiger partial charge in [-0.3, -0.25) is 4.40 Å². The van der Waals surface area contributed by atoms with Crippen molar-refractivity contribution in [3.8, 4) is 22.8 Å². The fourth-order valence-corrected chi connectivity index (χ4v) is 3.46. The average molecular weight is 348 g/mol. The van der Waals surface area contributed by atoms with E-state index in [1.54, 1.807) is 0 Å². The summed E-state index contributed by atoms with van der Waals surface area (Å²) in [6.07, 6.45) is 2.10. The number of rotatable bonds is 4. The normalized spacial score (nSPS) is 13.3. The Hall–Kier alpha value is -2.99. The Labute approximate surface area is 151 Å². The van der Waals surface area contributed by atoms with Crippen molar-refractivity contribution in [2.24, 2.45) is 0 Å². The minimum Gasteiger partial charge on any atom is -0.454 e.